The standard InChI is InChI=1S/C13H10F3N3O2S/c14-13(15,16)11(20)19-3-4-21-10-2-1-7(5-9(10)19)8-6-22-12(17)18-8/h1-2,5-6H,3-4H2,(H2,17,18). The van der Waals surface area contributed by atoms with Crippen molar-refractivity contribution in [1.82, 2.24) is 4.98 Å². The van der Waals surface area contributed by atoms with Crippen molar-refractivity contribution in [3.8, 4) is 17.0 Å². The van der Waals surface area contributed by atoms with Crippen LogP contribution in [0.25, 0.3) is 11.3 Å². The molecule has 1 aliphatic heterocycles. The Morgan fingerprint density at radius 1 is 1.41 bits per heavy atom. The van der Waals surface area contributed by atoms with Gasteiger partial charge in [0.1, 0.15) is 12.4 Å². The van der Waals surface area contributed by atoms with Crippen LogP contribution >= 0.6 is 11.3 Å². The van der Waals surface area contributed by atoms with Crippen LogP contribution in [0, 0.1) is 0 Å². The molecule has 1 aromatic carbocycles. The van der Waals surface area contributed by atoms with E-state index < -0.39 is 12.1 Å². The monoisotopic (exact) mass is 329 g/mol. The molecule has 9 heteroatoms. The number of aromatic nitrogens is 1. The van der Waals surface area contributed by atoms with E-state index in [0.717, 1.165) is 0 Å². The minimum Gasteiger partial charge on any atom is -0.490 e. The zero-order valence-electron chi connectivity index (χ0n) is 11.1. The van der Waals surface area contributed by atoms with Crippen molar-refractivity contribution in [2.24, 2.45) is 0 Å². The Kier molecular flexibility index (Phi) is 3.44. The summed E-state index contributed by atoms with van der Waals surface area (Å²) >= 11 is 1.22. The van der Waals surface area contributed by atoms with Crippen LogP contribution in [0.2, 0.25) is 0 Å². The van der Waals surface area contributed by atoms with E-state index in [-0.39, 0.29) is 24.6 Å². The van der Waals surface area contributed by atoms with Crippen LogP contribution in [0.15, 0.2) is 23.6 Å². The number of ether oxygens (including phenoxy) is 1. The lowest BCUT2D eigenvalue weighted by Crippen LogP contribution is -2.45. The van der Waals surface area contributed by atoms with Gasteiger partial charge in [0.15, 0.2) is 5.13 Å². The lowest BCUT2D eigenvalue weighted by molar-refractivity contribution is -0.170. The van der Waals surface area contributed by atoms with E-state index in [0.29, 0.717) is 21.3 Å². The van der Waals surface area contributed by atoms with Gasteiger partial charge in [-0.3, -0.25) is 9.69 Å². The molecule has 1 aromatic heterocycles. The number of carbonyl (C=O) groups is 1. The number of nitrogens with zero attached hydrogens (tertiary/aromatic N) is 2. The SMILES string of the molecule is Nc1nc(-c2ccc3c(c2)N(C(=O)C(F)(F)F)CCO3)cs1. The van der Waals surface area contributed by atoms with Crippen LogP contribution in [-0.4, -0.2) is 30.2 Å². The number of fused-ring (bicyclic) bond motifs is 1. The Hall–Kier alpha value is -2.29. The first-order valence-corrected chi connectivity index (χ1v) is 7.11. The number of carbonyl (C=O) groups excluding carboxylic acids is 1. The highest BCUT2D eigenvalue weighted by atomic mass is 32.1. The summed E-state index contributed by atoms with van der Waals surface area (Å²) in [6, 6.07) is 4.64. The summed E-state index contributed by atoms with van der Waals surface area (Å²) in [5.41, 5.74) is 6.74. The summed E-state index contributed by atoms with van der Waals surface area (Å²) in [5, 5.41) is 2.05. The van der Waals surface area contributed by atoms with Gasteiger partial charge in [0, 0.05) is 10.9 Å². The minimum atomic E-state index is -4.93. The van der Waals surface area contributed by atoms with E-state index in [1.807, 2.05) is 0 Å². The largest absolute Gasteiger partial charge is 0.490 e. The quantitative estimate of drug-likeness (QED) is 0.873. The first-order chi connectivity index (χ1) is 10.4. The maximum atomic E-state index is 12.7. The third-order valence-electron chi connectivity index (χ3n) is 3.13. The van der Waals surface area contributed by atoms with Gasteiger partial charge in [-0.1, -0.05) is 0 Å². The fourth-order valence-corrected chi connectivity index (χ4v) is 2.73. The molecule has 0 spiro atoms. The number of benzene rings is 1. The number of halogens is 3. The van der Waals surface area contributed by atoms with Crippen LogP contribution in [0.5, 0.6) is 5.75 Å². The number of anilines is 2. The first kappa shape index (κ1) is 14.6. The zero-order chi connectivity index (χ0) is 15.9. The molecule has 0 bridgehead atoms. The van der Waals surface area contributed by atoms with Crippen LogP contribution in [0.3, 0.4) is 0 Å². The molecule has 2 heterocycles. The van der Waals surface area contributed by atoms with E-state index >= 15 is 0 Å². The molecule has 0 fully saturated rings. The van der Waals surface area contributed by atoms with Gasteiger partial charge in [-0.05, 0) is 18.2 Å². The lowest BCUT2D eigenvalue weighted by Gasteiger charge is -2.30. The number of rotatable bonds is 1. The molecule has 3 rings (SSSR count). The van der Waals surface area contributed by atoms with Gasteiger partial charge < -0.3 is 10.5 Å². The number of nitrogens with two attached hydrogens (primary N) is 1. The number of hydrogen-bond donors (Lipinski definition) is 1. The molecular formula is C13H10F3N3O2S. The summed E-state index contributed by atoms with van der Waals surface area (Å²) in [6.07, 6.45) is -4.93. The van der Waals surface area contributed by atoms with Crippen molar-refractivity contribution in [3.63, 3.8) is 0 Å². The Bertz CT molecular complexity index is 730. The molecule has 2 aromatic rings. The molecule has 1 amide bonds. The highest BCUT2D eigenvalue weighted by Gasteiger charge is 2.44. The first-order valence-electron chi connectivity index (χ1n) is 6.23. The number of alkyl halides is 3. The molecule has 0 atom stereocenters. The van der Waals surface area contributed by atoms with Gasteiger partial charge in [-0.25, -0.2) is 4.98 Å². The highest BCUT2D eigenvalue weighted by Crippen LogP contribution is 2.37. The van der Waals surface area contributed by atoms with E-state index in [1.54, 1.807) is 11.4 Å². The van der Waals surface area contributed by atoms with Gasteiger partial charge in [0.25, 0.3) is 0 Å². The second-order valence-electron chi connectivity index (χ2n) is 4.56. The summed E-state index contributed by atoms with van der Waals surface area (Å²) in [7, 11) is 0. The highest BCUT2D eigenvalue weighted by molar-refractivity contribution is 7.13. The number of hydrogen-bond acceptors (Lipinski definition) is 5. The number of amides is 1. The molecule has 0 unspecified atom stereocenters. The van der Waals surface area contributed by atoms with E-state index in [2.05, 4.69) is 4.98 Å². The number of nitrogen functional groups attached to an aromatic ring is 1. The van der Waals surface area contributed by atoms with E-state index in [1.165, 1.54) is 23.5 Å². The van der Waals surface area contributed by atoms with Gasteiger partial charge in [-0.15, -0.1) is 11.3 Å². The second kappa shape index (κ2) is 5.16. The Balaban J connectivity index is 2.03. The molecule has 0 saturated carbocycles. The molecule has 0 saturated heterocycles. The third kappa shape index (κ3) is 2.59. The smallest absolute Gasteiger partial charge is 0.471 e. The van der Waals surface area contributed by atoms with Crippen LogP contribution < -0.4 is 15.4 Å². The average Bonchev–Trinajstić information content (AvgIpc) is 2.91. The van der Waals surface area contributed by atoms with Crippen molar-refractivity contribution < 1.29 is 22.7 Å². The van der Waals surface area contributed by atoms with E-state index in [4.69, 9.17) is 10.5 Å². The maximum Gasteiger partial charge on any atom is 0.471 e. The molecule has 0 radical (unpaired) electrons. The molecule has 22 heavy (non-hydrogen) atoms. The minimum absolute atomic E-state index is 0.0117. The third-order valence-corrected chi connectivity index (χ3v) is 3.80. The molecule has 116 valence electrons. The predicted octanol–water partition coefficient (Wildman–Crippen LogP) is 2.68. The Morgan fingerprint density at radius 3 is 2.82 bits per heavy atom. The Labute approximate surface area is 127 Å². The molecule has 1 aliphatic rings. The Morgan fingerprint density at radius 2 is 2.18 bits per heavy atom. The average molecular weight is 329 g/mol. The van der Waals surface area contributed by atoms with E-state index in [9.17, 15) is 18.0 Å². The van der Waals surface area contributed by atoms with Crippen molar-refractivity contribution >= 4 is 28.1 Å². The summed E-state index contributed by atoms with van der Waals surface area (Å²) in [5.74, 6) is -1.68. The van der Waals surface area contributed by atoms with Crippen LogP contribution in [0.1, 0.15) is 0 Å². The van der Waals surface area contributed by atoms with Crippen LogP contribution in [-0.2, 0) is 4.79 Å². The summed E-state index contributed by atoms with van der Waals surface area (Å²) in [4.78, 5) is 16.3. The normalized spacial score (nSPS) is 14.4. The molecule has 0 aliphatic carbocycles. The number of thiazole rings is 1. The predicted molar refractivity (Wildman–Crippen MR) is 75.9 cm³/mol. The fraction of sp³-hybridized carbons (Fsp3) is 0.231. The summed E-state index contributed by atoms with van der Waals surface area (Å²) < 4.78 is 43.4. The van der Waals surface area contributed by atoms with Crippen molar-refractivity contribution in [2.75, 3.05) is 23.8 Å². The van der Waals surface area contributed by atoms with Gasteiger partial charge in [0.05, 0.1) is 17.9 Å². The van der Waals surface area contributed by atoms with Crippen molar-refractivity contribution in [2.45, 2.75) is 6.18 Å². The molecule has 5 nitrogen and oxygen atoms in total. The van der Waals surface area contributed by atoms with Gasteiger partial charge in [-0.2, -0.15) is 13.2 Å². The topological polar surface area (TPSA) is 68.5 Å². The second-order valence-corrected chi connectivity index (χ2v) is 5.45. The van der Waals surface area contributed by atoms with Crippen molar-refractivity contribution in [3.05, 3.63) is 23.6 Å². The van der Waals surface area contributed by atoms with Gasteiger partial charge >= 0.3 is 12.1 Å². The van der Waals surface area contributed by atoms with Crippen molar-refractivity contribution in [1.29, 1.82) is 0 Å². The summed E-state index contributed by atoms with van der Waals surface area (Å²) in [6.45, 7) is -0.147. The molecular weight excluding hydrogens is 319 g/mol. The molecule has 2 N–H and O–H groups in total. The lowest BCUT2D eigenvalue weighted by atomic mass is 10.1. The zero-order valence-corrected chi connectivity index (χ0v) is 11.9. The fourth-order valence-electron chi connectivity index (χ4n) is 2.16. The maximum absolute atomic E-state index is 12.7. The van der Waals surface area contributed by atoms with Crippen LogP contribution in [0.4, 0.5) is 24.0 Å². The van der Waals surface area contributed by atoms with Gasteiger partial charge in [0.2, 0.25) is 0 Å².